The molecule has 0 fully saturated rings. The van der Waals surface area contributed by atoms with Crippen LogP contribution in [0.2, 0.25) is 0 Å². The Kier molecular flexibility index (Phi) is 7.21. The maximum atomic E-state index is 2.48. The van der Waals surface area contributed by atoms with Gasteiger partial charge in [0.05, 0.1) is 11.4 Å². The van der Waals surface area contributed by atoms with E-state index in [1.54, 1.807) is 0 Å². The molecule has 0 atom stereocenters. The van der Waals surface area contributed by atoms with Gasteiger partial charge >= 0.3 is 0 Å². The van der Waals surface area contributed by atoms with Crippen molar-refractivity contribution in [2.45, 2.75) is 19.3 Å². The van der Waals surface area contributed by atoms with Gasteiger partial charge in [0.15, 0.2) is 0 Å². The van der Waals surface area contributed by atoms with Crippen molar-refractivity contribution in [3.8, 4) is 44.5 Å². The second-order valence-corrected chi connectivity index (χ2v) is 13.7. The molecule has 50 heavy (non-hydrogen) atoms. The lowest BCUT2D eigenvalue weighted by molar-refractivity contribution is 0.645. The Bertz CT molecular complexity index is 2480. The molecule has 0 aliphatic heterocycles. The molecule has 8 aromatic carbocycles. The molecule has 0 unspecified atom stereocenters. The molecule has 0 saturated carbocycles. The molecule has 1 nitrogen and oxygen atoms in total. The molecule has 0 bridgehead atoms. The van der Waals surface area contributed by atoms with Crippen LogP contribution < -0.4 is 4.90 Å². The Hall–Kier alpha value is -6.18. The maximum absolute atomic E-state index is 2.48. The Balaban J connectivity index is 1.33. The highest BCUT2D eigenvalue weighted by Crippen LogP contribution is 2.55. The molecule has 0 radical (unpaired) electrons. The smallest absolute Gasteiger partial charge is 0.0546 e. The molecule has 1 aliphatic rings. The van der Waals surface area contributed by atoms with Crippen molar-refractivity contribution < 1.29 is 0 Å². The Morgan fingerprint density at radius 1 is 0.380 bits per heavy atom. The van der Waals surface area contributed by atoms with Crippen LogP contribution in [0, 0.1) is 0 Å². The summed E-state index contributed by atoms with van der Waals surface area (Å²) >= 11 is 0. The fraction of sp³-hybridized carbons (Fsp3) is 0.0612. The highest BCUT2D eigenvalue weighted by atomic mass is 15.1. The van der Waals surface area contributed by atoms with Crippen LogP contribution in [0.15, 0.2) is 188 Å². The van der Waals surface area contributed by atoms with E-state index in [0.29, 0.717) is 0 Å². The van der Waals surface area contributed by atoms with Gasteiger partial charge in [-0.2, -0.15) is 0 Å². The van der Waals surface area contributed by atoms with Gasteiger partial charge in [0.1, 0.15) is 0 Å². The fourth-order valence-electron chi connectivity index (χ4n) is 7.95. The zero-order valence-electron chi connectivity index (χ0n) is 28.3. The minimum absolute atomic E-state index is 0.185. The van der Waals surface area contributed by atoms with E-state index < -0.39 is 0 Å². The number of fused-ring (bicyclic) bond motifs is 2. The second kappa shape index (κ2) is 12.1. The number of rotatable bonds is 6. The van der Waals surface area contributed by atoms with Gasteiger partial charge in [-0.1, -0.05) is 172 Å². The first-order valence-electron chi connectivity index (χ1n) is 17.4. The molecule has 0 amide bonds. The summed E-state index contributed by atoms with van der Waals surface area (Å²) in [5, 5.41) is 2.60. The van der Waals surface area contributed by atoms with Crippen molar-refractivity contribution in [1.29, 1.82) is 0 Å². The molecule has 8 aromatic rings. The third-order valence-corrected chi connectivity index (χ3v) is 10.5. The van der Waals surface area contributed by atoms with Gasteiger partial charge in [0, 0.05) is 22.2 Å². The van der Waals surface area contributed by atoms with Crippen LogP contribution >= 0.6 is 0 Å². The SMILES string of the molecule is CC1(C)c2cc(-c3ccccc3)ccc2-c2c(N(c3ccc(-c4ccccc4)cc3)c3ccccc3-c3ccccc3)ccc3cccc1c23. The first kappa shape index (κ1) is 29.9. The number of para-hydroxylation sites is 1. The molecule has 9 rings (SSSR count). The molecule has 0 N–H and O–H groups in total. The Labute approximate surface area is 294 Å². The van der Waals surface area contributed by atoms with E-state index in [0.717, 1.165) is 11.4 Å². The highest BCUT2D eigenvalue weighted by molar-refractivity contribution is 6.11. The summed E-state index contributed by atoms with van der Waals surface area (Å²) in [6.45, 7) is 4.77. The zero-order valence-corrected chi connectivity index (χ0v) is 28.3. The topological polar surface area (TPSA) is 3.24 Å². The zero-order chi connectivity index (χ0) is 33.7. The van der Waals surface area contributed by atoms with Crippen molar-refractivity contribution >= 4 is 27.8 Å². The van der Waals surface area contributed by atoms with E-state index in [-0.39, 0.29) is 5.41 Å². The van der Waals surface area contributed by atoms with Crippen molar-refractivity contribution in [3.63, 3.8) is 0 Å². The molecular formula is C49H37N. The average molecular weight is 640 g/mol. The van der Waals surface area contributed by atoms with E-state index >= 15 is 0 Å². The Morgan fingerprint density at radius 3 is 1.66 bits per heavy atom. The van der Waals surface area contributed by atoms with E-state index in [2.05, 4.69) is 207 Å². The third kappa shape index (κ3) is 4.94. The van der Waals surface area contributed by atoms with Crippen molar-refractivity contribution in [3.05, 3.63) is 199 Å². The lowest BCUT2D eigenvalue weighted by Gasteiger charge is -2.38. The predicted octanol–water partition coefficient (Wildman–Crippen LogP) is 13.6. The summed E-state index contributed by atoms with van der Waals surface area (Å²) in [6, 6.07) is 68.6. The maximum Gasteiger partial charge on any atom is 0.0546 e. The molecule has 0 heterocycles. The Morgan fingerprint density at radius 2 is 0.960 bits per heavy atom. The van der Waals surface area contributed by atoms with E-state index in [9.17, 15) is 0 Å². The molecular weight excluding hydrogens is 603 g/mol. The second-order valence-electron chi connectivity index (χ2n) is 13.7. The number of hydrogen-bond acceptors (Lipinski definition) is 1. The van der Waals surface area contributed by atoms with Crippen LogP contribution in [0.5, 0.6) is 0 Å². The minimum Gasteiger partial charge on any atom is -0.309 e. The summed E-state index contributed by atoms with van der Waals surface area (Å²) in [6.07, 6.45) is 0. The van der Waals surface area contributed by atoms with Crippen LogP contribution in [-0.2, 0) is 5.41 Å². The van der Waals surface area contributed by atoms with Gasteiger partial charge < -0.3 is 4.90 Å². The van der Waals surface area contributed by atoms with E-state index in [4.69, 9.17) is 0 Å². The molecule has 0 spiro atoms. The fourth-order valence-corrected chi connectivity index (χ4v) is 7.95. The molecule has 1 heteroatoms. The average Bonchev–Trinajstić information content (AvgIpc) is 3.18. The number of benzene rings is 8. The first-order valence-corrected chi connectivity index (χ1v) is 17.4. The van der Waals surface area contributed by atoms with Crippen molar-refractivity contribution in [2.24, 2.45) is 0 Å². The van der Waals surface area contributed by atoms with Gasteiger partial charge in [-0.05, 0) is 85.6 Å². The van der Waals surface area contributed by atoms with Gasteiger partial charge in [-0.3, -0.25) is 0 Å². The van der Waals surface area contributed by atoms with Crippen LogP contribution in [0.4, 0.5) is 17.1 Å². The van der Waals surface area contributed by atoms with Gasteiger partial charge in [0.25, 0.3) is 0 Å². The summed E-state index contributed by atoms with van der Waals surface area (Å²) in [7, 11) is 0. The van der Waals surface area contributed by atoms with Gasteiger partial charge in [-0.25, -0.2) is 0 Å². The third-order valence-electron chi connectivity index (χ3n) is 10.5. The largest absolute Gasteiger partial charge is 0.309 e. The van der Waals surface area contributed by atoms with Crippen LogP contribution in [0.3, 0.4) is 0 Å². The van der Waals surface area contributed by atoms with Crippen LogP contribution in [0.1, 0.15) is 25.0 Å². The van der Waals surface area contributed by atoms with Crippen LogP contribution in [0.25, 0.3) is 55.3 Å². The molecule has 238 valence electrons. The number of anilines is 3. The first-order chi connectivity index (χ1) is 24.6. The highest BCUT2D eigenvalue weighted by Gasteiger charge is 2.36. The van der Waals surface area contributed by atoms with Crippen molar-refractivity contribution in [2.75, 3.05) is 4.90 Å². The lowest BCUT2D eigenvalue weighted by atomic mass is 9.67. The van der Waals surface area contributed by atoms with E-state index in [1.165, 1.54) is 72.1 Å². The predicted molar refractivity (Wildman–Crippen MR) is 213 cm³/mol. The minimum atomic E-state index is -0.185. The number of hydrogen-bond donors (Lipinski definition) is 0. The molecule has 0 saturated heterocycles. The summed E-state index contributed by atoms with van der Waals surface area (Å²) in [5.74, 6) is 0. The summed E-state index contributed by atoms with van der Waals surface area (Å²) in [4.78, 5) is 2.48. The lowest BCUT2D eigenvalue weighted by Crippen LogP contribution is -2.25. The number of nitrogens with zero attached hydrogens (tertiary/aromatic N) is 1. The normalized spacial score (nSPS) is 12.8. The van der Waals surface area contributed by atoms with Crippen LogP contribution in [-0.4, -0.2) is 0 Å². The summed E-state index contributed by atoms with van der Waals surface area (Å²) < 4.78 is 0. The standard InChI is InChI=1S/C49H37N/c1-49(2)43-23-14-21-38-28-32-46(48(47(38)43)42-31-27-39(33-44(42)49)35-17-8-4-9-18-35)50(40-29-25-36(26-30-40)34-15-6-3-7-16-34)45-24-13-12-22-41(45)37-19-10-5-11-20-37/h3-33H,1-2H3. The quantitative estimate of drug-likeness (QED) is 0.175. The van der Waals surface area contributed by atoms with Crippen molar-refractivity contribution in [1.82, 2.24) is 0 Å². The summed E-state index contributed by atoms with van der Waals surface area (Å²) in [5.41, 5.74) is 15.8. The van der Waals surface area contributed by atoms with Gasteiger partial charge in [-0.15, -0.1) is 0 Å². The monoisotopic (exact) mass is 639 g/mol. The van der Waals surface area contributed by atoms with Gasteiger partial charge in [0.2, 0.25) is 0 Å². The van der Waals surface area contributed by atoms with E-state index in [1.807, 2.05) is 0 Å². The molecule has 1 aliphatic carbocycles. The molecule has 0 aromatic heterocycles.